The predicted octanol–water partition coefficient (Wildman–Crippen LogP) is 3.63. The fourth-order valence-corrected chi connectivity index (χ4v) is 5.69. The zero-order valence-electron chi connectivity index (χ0n) is 25.9. The van der Waals surface area contributed by atoms with Gasteiger partial charge in [-0.25, -0.2) is 15.0 Å². The van der Waals surface area contributed by atoms with Gasteiger partial charge in [0.05, 0.1) is 33.7 Å². The summed E-state index contributed by atoms with van der Waals surface area (Å²) in [6.45, 7) is 5.73. The maximum absolute atomic E-state index is 13.8. The number of methoxy groups -OCH3 is 3. The third kappa shape index (κ3) is 6.09. The molecule has 4 aromatic rings. The molecular weight excluding hydrogens is 572 g/mol. The van der Waals surface area contributed by atoms with E-state index in [9.17, 15) is 4.79 Å². The van der Waals surface area contributed by atoms with Crippen molar-refractivity contribution in [3.8, 4) is 17.2 Å². The fourth-order valence-electron chi connectivity index (χ4n) is 5.69. The smallest absolute Gasteiger partial charge is 0.278 e. The van der Waals surface area contributed by atoms with Crippen molar-refractivity contribution in [2.75, 3.05) is 69.7 Å². The van der Waals surface area contributed by atoms with Crippen molar-refractivity contribution in [2.24, 2.45) is 4.99 Å². The number of aliphatic imine (C=N–C) groups is 1. The molecule has 2 aliphatic rings. The lowest BCUT2D eigenvalue weighted by Gasteiger charge is -2.37. The number of aromatic nitrogens is 3. The van der Waals surface area contributed by atoms with Crippen molar-refractivity contribution < 1.29 is 19.0 Å². The van der Waals surface area contributed by atoms with Crippen LogP contribution in [0.4, 0.5) is 23.3 Å². The van der Waals surface area contributed by atoms with Gasteiger partial charge in [-0.15, -0.1) is 0 Å². The van der Waals surface area contributed by atoms with Gasteiger partial charge in [-0.3, -0.25) is 14.6 Å². The highest BCUT2D eigenvalue weighted by Crippen LogP contribution is 2.39. The number of carbonyl (C=O) groups excluding carboxylic acids is 1. The number of rotatable bonds is 9. The summed E-state index contributed by atoms with van der Waals surface area (Å²) in [6.07, 6.45) is 3.88. The van der Waals surface area contributed by atoms with Crippen LogP contribution in [0.5, 0.6) is 17.2 Å². The number of amides is 1. The number of aryl methyl sites for hydroxylation is 1. The number of fused-ring (bicyclic) bond motifs is 1. The molecule has 6 rings (SSSR count). The van der Waals surface area contributed by atoms with Crippen LogP contribution in [-0.2, 0) is 11.2 Å². The molecule has 12 nitrogen and oxygen atoms in total. The molecule has 2 aromatic carbocycles. The Morgan fingerprint density at radius 1 is 0.933 bits per heavy atom. The molecular formula is C33H36N8O4. The summed E-state index contributed by atoms with van der Waals surface area (Å²) in [5.74, 6) is 2.78. The topological polar surface area (TPSA) is 132 Å². The molecule has 0 spiro atoms. The number of benzene rings is 2. The Morgan fingerprint density at radius 3 is 2.33 bits per heavy atom. The number of hydrogen-bond acceptors (Lipinski definition) is 11. The van der Waals surface area contributed by atoms with E-state index in [1.807, 2.05) is 61.7 Å². The first kappa shape index (κ1) is 29.8. The molecule has 1 fully saturated rings. The third-order valence-electron chi connectivity index (χ3n) is 8.05. The monoisotopic (exact) mass is 608 g/mol. The third-order valence-corrected chi connectivity index (χ3v) is 8.05. The second-order valence-electron chi connectivity index (χ2n) is 10.9. The molecule has 0 aliphatic carbocycles. The summed E-state index contributed by atoms with van der Waals surface area (Å²) in [5.41, 5.74) is 10.9. The van der Waals surface area contributed by atoms with Gasteiger partial charge in [0.15, 0.2) is 11.5 Å². The second-order valence-corrected chi connectivity index (χ2v) is 10.9. The number of nitrogens with two attached hydrogens (primary N) is 1. The first-order valence-electron chi connectivity index (χ1n) is 14.7. The molecule has 12 heteroatoms. The highest BCUT2D eigenvalue weighted by atomic mass is 16.5. The summed E-state index contributed by atoms with van der Waals surface area (Å²) >= 11 is 0. The number of pyridine rings is 1. The standard InChI is InChI=1S/C33H36N8O4/c1-21-8-9-25-24(15-21)29(32(42)41(25)20-39-11-13-40(14-12-39)28-7-5-6-10-35-28)37-33-36-19-23(31(34)38-33)16-22-17-26(43-2)30(45-4)27(18-22)44-3/h5-10,15,17-19H,11-14,16,20H2,1-4H3,(H2,34,36,38)/b37-29-. The molecule has 4 heterocycles. The molecule has 2 aliphatic heterocycles. The molecule has 0 bridgehead atoms. The molecule has 1 amide bonds. The van der Waals surface area contributed by atoms with E-state index in [4.69, 9.17) is 19.9 Å². The molecule has 0 atom stereocenters. The van der Waals surface area contributed by atoms with E-state index >= 15 is 0 Å². The molecule has 2 N–H and O–H groups in total. The van der Waals surface area contributed by atoms with Crippen LogP contribution in [-0.4, -0.2) is 85.6 Å². The van der Waals surface area contributed by atoms with Crippen LogP contribution in [0.1, 0.15) is 22.3 Å². The summed E-state index contributed by atoms with van der Waals surface area (Å²) in [5, 5.41) is 0. The van der Waals surface area contributed by atoms with Gasteiger partial charge < -0.3 is 24.8 Å². The number of anilines is 3. The lowest BCUT2D eigenvalue weighted by molar-refractivity contribution is -0.112. The number of carbonyl (C=O) groups is 1. The first-order chi connectivity index (χ1) is 21.9. The van der Waals surface area contributed by atoms with Crippen molar-refractivity contribution >= 4 is 34.9 Å². The minimum atomic E-state index is -0.188. The van der Waals surface area contributed by atoms with E-state index in [0.29, 0.717) is 41.6 Å². The van der Waals surface area contributed by atoms with Crippen LogP contribution >= 0.6 is 0 Å². The summed E-state index contributed by atoms with van der Waals surface area (Å²) in [4.78, 5) is 38.2. The SMILES string of the molecule is COc1cc(Cc2cnc(/N=C3\C(=O)N(CN4CCN(c5ccccn5)CC4)c4ccc(C)cc43)nc2N)cc(OC)c1OC. The Kier molecular flexibility index (Phi) is 8.47. The van der Waals surface area contributed by atoms with E-state index in [-0.39, 0.29) is 17.7 Å². The summed E-state index contributed by atoms with van der Waals surface area (Å²) in [6, 6.07) is 15.6. The van der Waals surface area contributed by atoms with Gasteiger partial charge in [0.1, 0.15) is 17.3 Å². The van der Waals surface area contributed by atoms with E-state index in [0.717, 1.165) is 54.4 Å². The normalized spacial score (nSPS) is 15.8. The zero-order valence-corrected chi connectivity index (χ0v) is 25.9. The first-order valence-corrected chi connectivity index (χ1v) is 14.7. The lowest BCUT2D eigenvalue weighted by Crippen LogP contribution is -2.51. The number of nitrogen functional groups attached to an aromatic ring is 1. The number of ether oxygens (including phenoxy) is 3. The molecule has 2 aromatic heterocycles. The van der Waals surface area contributed by atoms with Crippen molar-refractivity contribution in [2.45, 2.75) is 13.3 Å². The molecule has 0 saturated carbocycles. The highest BCUT2D eigenvalue weighted by Gasteiger charge is 2.36. The summed E-state index contributed by atoms with van der Waals surface area (Å²) < 4.78 is 16.4. The quantitative estimate of drug-likeness (QED) is 0.301. The van der Waals surface area contributed by atoms with Gasteiger partial charge in [-0.1, -0.05) is 17.7 Å². The van der Waals surface area contributed by atoms with Crippen LogP contribution in [0.25, 0.3) is 0 Å². The highest BCUT2D eigenvalue weighted by molar-refractivity contribution is 6.54. The summed E-state index contributed by atoms with van der Waals surface area (Å²) in [7, 11) is 4.70. The van der Waals surface area contributed by atoms with Crippen LogP contribution in [0.15, 0.2) is 65.9 Å². The van der Waals surface area contributed by atoms with E-state index in [2.05, 4.69) is 29.7 Å². The van der Waals surface area contributed by atoms with Crippen LogP contribution in [0.2, 0.25) is 0 Å². The van der Waals surface area contributed by atoms with Gasteiger partial charge >= 0.3 is 0 Å². The zero-order chi connectivity index (χ0) is 31.5. The van der Waals surface area contributed by atoms with Crippen molar-refractivity contribution in [1.29, 1.82) is 0 Å². The van der Waals surface area contributed by atoms with Crippen molar-refractivity contribution in [3.05, 3.63) is 83.2 Å². The maximum Gasteiger partial charge on any atom is 0.278 e. The van der Waals surface area contributed by atoms with E-state index in [1.54, 1.807) is 32.4 Å². The minimum absolute atomic E-state index is 0.128. The molecule has 0 unspecified atom stereocenters. The lowest BCUT2D eigenvalue weighted by atomic mass is 10.1. The maximum atomic E-state index is 13.8. The van der Waals surface area contributed by atoms with Crippen molar-refractivity contribution in [3.63, 3.8) is 0 Å². The molecule has 0 radical (unpaired) electrons. The van der Waals surface area contributed by atoms with Gasteiger partial charge in [0.2, 0.25) is 5.75 Å². The average molecular weight is 609 g/mol. The Labute approximate surface area is 262 Å². The van der Waals surface area contributed by atoms with E-state index < -0.39 is 0 Å². The van der Waals surface area contributed by atoms with Gasteiger partial charge in [0.25, 0.3) is 11.9 Å². The second kappa shape index (κ2) is 12.8. The number of piperazine rings is 1. The van der Waals surface area contributed by atoms with Crippen LogP contribution in [0.3, 0.4) is 0 Å². The number of nitrogens with zero attached hydrogens (tertiary/aromatic N) is 7. The Bertz CT molecular complexity index is 1710. The predicted molar refractivity (Wildman–Crippen MR) is 173 cm³/mol. The Balaban J connectivity index is 1.21. The van der Waals surface area contributed by atoms with Crippen molar-refractivity contribution in [1.82, 2.24) is 19.9 Å². The van der Waals surface area contributed by atoms with Gasteiger partial charge in [0, 0.05) is 56.1 Å². The molecule has 1 saturated heterocycles. The van der Waals surface area contributed by atoms with Crippen LogP contribution < -0.4 is 29.7 Å². The molecule has 45 heavy (non-hydrogen) atoms. The van der Waals surface area contributed by atoms with Gasteiger partial charge in [-0.2, -0.15) is 4.98 Å². The van der Waals surface area contributed by atoms with Gasteiger partial charge in [-0.05, 0) is 48.9 Å². The van der Waals surface area contributed by atoms with E-state index in [1.165, 1.54) is 0 Å². The minimum Gasteiger partial charge on any atom is -0.493 e. The largest absolute Gasteiger partial charge is 0.493 e. The Hall–Kier alpha value is -5.23. The Morgan fingerprint density at radius 2 is 1.69 bits per heavy atom. The average Bonchev–Trinajstić information content (AvgIpc) is 3.31. The molecule has 232 valence electrons. The number of hydrogen-bond donors (Lipinski definition) is 1. The fraction of sp³-hybridized carbons (Fsp3) is 0.303. The van der Waals surface area contributed by atoms with Crippen LogP contribution in [0, 0.1) is 6.92 Å².